The van der Waals surface area contributed by atoms with Crippen molar-refractivity contribution in [2.24, 2.45) is 17.8 Å². The van der Waals surface area contributed by atoms with Gasteiger partial charge in [-0.15, -0.1) is 11.3 Å². The molecule has 0 saturated carbocycles. The molecule has 3 heterocycles. The van der Waals surface area contributed by atoms with E-state index in [0.29, 0.717) is 17.8 Å². The zero-order valence-corrected chi connectivity index (χ0v) is 16.6. The molecule has 2 aliphatic rings. The van der Waals surface area contributed by atoms with Gasteiger partial charge in [0.2, 0.25) is 5.91 Å². The van der Waals surface area contributed by atoms with Gasteiger partial charge in [0.15, 0.2) is 0 Å². The molecule has 0 spiro atoms. The number of rotatable bonds is 2. The van der Waals surface area contributed by atoms with Crippen LogP contribution in [0.25, 0.3) is 10.2 Å². The van der Waals surface area contributed by atoms with Crippen LogP contribution in [-0.4, -0.2) is 33.4 Å². The predicted octanol–water partition coefficient (Wildman–Crippen LogP) is 3.09. The lowest BCUT2D eigenvalue weighted by Crippen LogP contribution is -2.44. The van der Waals surface area contributed by atoms with Gasteiger partial charge in [0.1, 0.15) is 11.4 Å². The SMILES string of the molecule is C[C@@H]1CCc2c(sc3ncn(CC(=O)N4C[C@H](C)C[C@@H](C)C4)c(=O)c23)C1. The zero-order chi connectivity index (χ0) is 18.4. The average Bonchev–Trinajstić information content (AvgIpc) is 2.94. The van der Waals surface area contributed by atoms with E-state index in [1.54, 1.807) is 17.7 Å². The van der Waals surface area contributed by atoms with Gasteiger partial charge in [-0.1, -0.05) is 20.8 Å². The molecule has 1 saturated heterocycles. The van der Waals surface area contributed by atoms with Crippen LogP contribution in [0.3, 0.4) is 0 Å². The summed E-state index contributed by atoms with van der Waals surface area (Å²) >= 11 is 1.65. The van der Waals surface area contributed by atoms with Crippen LogP contribution in [0, 0.1) is 17.8 Å². The highest BCUT2D eigenvalue weighted by molar-refractivity contribution is 7.18. The summed E-state index contributed by atoms with van der Waals surface area (Å²) in [6.07, 6.45) is 5.84. The average molecular weight is 374 g/mol. The standard InChI is InChI=1S/C20H27N3O2S/c1-12-4-5-15-16(7-12)26-19-18(15)20(25)23(11-21-19)10-17(24)22-8-13(2)6-14(3)9-22/h11-14H,4-10H2,1-3H3/t12-,13-,14-/m1/s1. The van der Waals surface area contributed by atoms with Crippen molar-refractivity contribution in [3.63, 3.8) is 0 Å². The first kappa shape index (κ1) is 17.7. The molecule has 3 atom stereocenters. The van der Waals surface area contributed by atoms with Crippen molar-refractivity contribution >= 4 is 27.5 Å². The van der Waals surface area contributed by atoms with Gasteiger partial charge in [0.25, 0.3) is 5.56 Å². The number of fused-ring (bicyclic) bond motifs is 3. The lowest BCUT2D eigenvalue weighted by Gasteiger charge is -2.35. The number of hydrogen-bond acceptors (Lipinski definition) is 4. The fourth-order valence-electron chi connectivity index (χ4n) is 4.59. The Balaban J connectivity index is 1.62. The maximum Gasteiger partial charge on any atom is 0.262 e. The molecule has 2 aromatic rings. The van der Waals surface area contributed by atoms with Crippen LogP contribution < -0.4 is 5.56 Å². The van der Waals surface area contributed by atoms with Crippen LogP contribution >= 0.6 is 11.3 Å². The summed E-state index contributed by atoms with van der Waals surface area (Å²) in [6, 6.07) is 0. The van der Waals surface area contributed by atoms with Gasteiger partial charge >= 0.3 is 0 Å². The summed E-state index contributed by atoms with van der Waals surface area (Å²) in [7, 11) is 0. The molecule has 5 nitrogen and oxygen atoms in total. The van der Waals surface area contributed by atoms with E-state index in [9.17, 15) is 9.59 Å². The molecule has 1 aliphatic carbocycles. The summed E-state index contributed by atoms with van der Waals surface area (Å²) in [5.74, 6) is 1.74. The smallest absolute Gasteiger partial charge is 0.262 e. The van der Waals surface area contributed by atoms with Crippen LogP contribution in [0.15, 0.2) is 11.1 Å². The third-order valence-electron chi connectivity index (χ3n) is 5.81. The van der Waals surface area contributed by atoms with E-state index < -0.39 is 0 Å². The number of carbonyl (C=O) groups is 1. The maximum atomic E-state index is 13.0. The van der Waals surface area contributed by atoms with Gasteiger partial charge in [-0.2, -0.15) is 0 Å². The number of amides is 1. The lowest BCUT2D eigenvalue weighted by atomic mass is 9.89. The molecule has 26 heavy (non-hydrogen) atoms. The van der Waals surface area contributed by atoms with E-state index in [0.717, 1.165) is 49.0 Å². The minimum atomic E-state index is -0.0477. The van der Waals surface area contributed by atoms with Crippen LogP contribution in [0.5, 0.6) is 0 Å². The second-order valence-electron chi connectivity index (χ2n) is 8.45. The number of aromatic nitrogens is 2. The van der Waals surface area contributed by atoms with Crippen LogP contribution in [-0.2, 0) is 24.2 Å². The first-order valence-corrected chi connectivity index (χ1v) is 10.5. The molecule has 0 bridgehead atoms. The molecule has 1 amide bonds. The van der Waals surface area contributed by atoms with Gasteiger partial charge in [-0.25, -0.2) is 4.98 Å². The van der Waals surface area contributed by atoms with E-state index in [1.165, 1.54) is 15.0 Å². The zero-order valence-electron chi connectivity index (χ0n) is 15.8. The maximum absolute atomic E-state index is 13.0. The Morgan fingerprint density at radius 2 is 1.96 bits per heavy atom. The highest BCUT2D eigenvalue weighted by Crippen LogP contribution is 2.35. The van der Waals surface area contributed by atoms with E-state index in [-0.39, 0.29) is 18.0 Å². The Hall–Kier alpha value is -1.69. The monoisotopic (exact) mass is 373 g/mol. The van der Waals surface area contributed by atoms with Crippen molar-refractivity contribution in [3.05, 3.63) is 27.1 Å². The minimum Gasteiger partial charge on any atom is -0.341 e. The van der Waals surface area contributed by atoms with Crippen molar-refractivity contribution in [1.29, 1.82) is 0 Å². The number of nitrogens with zero attached hydrogens (tertiary/aromatic N) is 3. The summed E-state index contributed by atoms with van der Waals surface area (Å²) in [6.45, 7) is 8.32. The molecule has 1 aliphatic heterocycles. The number of piperidine rings is 1. The Kier molecular flexibility index (Phi) is 4.63. The first-order chi connectivity index (χ1) is 12.4. The van der Waals surface area contributed by atoms with Gasteiger partial charge in [0.05, 0.1) is 11.7 Å². The summed E-state index contributed by atoms with van der Waals surface area (Å²) in [5.41, 5.74) is 1.14. The summed E-state index contributed by atoms with van der Waals surface area (Å²) in [5, 5.41) is 0.757. The third kappa shape index (κ3) is 3.20. The molecule has 0 aromatic carbocycles. The van der Waals surface area contributed by atoms with E-state index >= 15 is 0 Å². The third-order valence-corrected chi connectivity index (χ3v) is 6.97. The Bertz CT molecular complexity index is 890. The molecule has 0 N–H and O–H groups in total. The molecule has 0 unspecified atom stereocenters. The molecule has 6 heteroatoms. The number of likely N-dealkylation sites (tertiary alicyclic amines) is 1. The summed E-state index contributed by atoms with van der Waals surface area (Å²) < 4.78 is 1.51. The van der Waals surface area contributed by atoms with E-state index in [4.69, 9.17) is 0 Å². The molecule has 1 fully saturated rings. The van der Waals surface area contributed by atoms with Crippen molar-refractivity contribution < 1.29 is 4.79 Å². The number of carbonyl (C=O) groups excluding carboxylic acids is 1. The normalized spacial score (nSPS) is 26.1. The Morgan fingerprint density at radius 1 is 1.23 bits per heavy atom. The molecular weight excluding hydrogens is 346 g/mol. The van der Waals surface area contributed by atoms with E-state index in [2.05, 4.69) is 25.8 Å². The molecule has 0 radical (unpaired) electrons. The highest BCUT2D eigenvalue weighted by atomic mass is 32.1. The van der Waals surface area contributed by atoms with Gasteiger partial charge in [0, 0.05) is 18.0 Å². The van der Waals surface area contributed by atoms with Crippen LogP contribution in [0.2, 0.25) is 0 Å². The quantitative estimate of drug-likeness (QED) is 0.813. The summed E-state index contributed by atoms with van der Waals surface area (Å²) in [4.78, 5) is 34.4. The number of hydrogen-bond donors (Lipinski definition) is 0. The Labute approximate surface area is 158 Å². The van der Waals surface area contributed by atoms with Crippen molar-refractivity contribution in [1.82, 2.24) is 14.5 Å². The van der Waals surface area contributed by atoms with Gasteiger partial charge in [-0.05, 0) is 49.0 Å². The second-order valence-corrected chi connectivity index (χ2v) is 9.54. The fraction of sp³-hybridized carbons (Fsp3) is 0.650. The molecular formula is C20H27N3O2S. The van der Waals surface area contributed by atoms with E-state index in [1.807, 2.05) is 4.90 Å². The van der Waals surface area contributed by atoms with Crippen molar-refractivity contribution in [2.45, 2.75) is 53.0 Å². The van der Waals surface area contributed by atoms with Gasteiger partial charge < -0.3 is 4.90 Å². The largest absolute Gasteiger partial charge is 0.341 e. The van der Waals surface area contributed by atoms with Crippen molar-refractivity contribution in [3.8, 4) is 0 Å². The molecule has 140 valence electrons. The number of thiophene rings is 1. The first-order valence-electron chi connectivity index (χ1n) is 9.69. The van der Waals surface area contributed by atoms with Gasteiger partial charge in [-0.3, -0.25) is 14.2 Å². The van der Waals surface area contributed by atoms with Crippen LogP contribution in [0.1, 0.15) is 44.1 Å². The molecule has 4 rings (SSSR count). The van der Waals surface area contributed by atoms with Crippen molar-refractivity contribution in [2.75, 3.05) is 13.1 Å². The minimum absolute atomic E-state index is 0.0318. The molecule has 2 aromatic heterocycles. The lowest BCUT2D eigenvalue weighted by molar-refractivity contribution is -0.134. The predicted molar refractivity (Wildman–Crippen MR) is 105 cm³/mol. The second kappa shape index (κ2) is 6.80. The highest BCUT2D eigenvalue weighted by Gasteiger charge is 2.27. The van der Waals surface area contributed by atoms with Crippen LogP contribution in [0.4, 0.5) is 0 Å². The number of aryl methyl sites for hydroxylation is 1. The topological polar surface area (TPSA) is 55.2 Å². The Morgan fingerprint density at radius 3 is 2.69 bits per heavy atom. The fourth-order valence-corrected chi connectivity index (χ4v) is 5.93.